The van der Waals surface area contributed by atoms with Crippen molar-refractivity contribution in [2.45, 2.75) is 18.1 Å². The highest BCUT2D eigenvalue weighted by Crippen LogP contribution is 2.24. The van der Waals surface area contributed by atoms with Crippen molar-refractivity contribution in [3.05, 3.63) is 48.7 Å². The van der Waals surface area contributed by atoms with Crippen LogP contribution in [-0.2, 0) is 11.3 Å². The lowest BCUT2D eigenvalue weighted by molar-refractivity contribution is -0.118. The van der Waals surface area contributed by atoms with Crippen LogP contribution in [0.25, 0.3) is 11.4 Å². The van der Waals surface area contributed by atoms with Crippen molar-refractivity contribution in [1.82, 2.24) is 25.1 Å². The number of hydrogen-bond donors (Lipinski definition) is 1. The van der Waals surface area contributed by atoms with Crippen LogP contribution in [0.15, 0.2) is 52.5 Å². The molecule has 0 bridgehead atoms. The van der Waals surface area contributed by atoms with Crippen LogP contribution in [0.2, 0.25) is 0 Å². The van der Waals surface area contributed by atoms with Crippen molar-refractivity contribution in [3.8, 4) is 17.5 Å². The van der Waals surface area contributed by atoms with Gasteiger partial charge in [0.1, 0.15) is 5.76 Å². The molecule has 26 heavy (non-hydrogen) atoms. The van der Waals surface area contributed by atoms with Crippen LogP contribution in [-0.4, -0.2) is 38.0 Å². The predicted molar refractivity (Wildman–Crippen MR) is 95.0 cm³/mol. The molecule has 0 saturated carbocycles. The Labute approximate surface area is 154 Å². The Hall–Kier alpha value is -3.12. The summed E-state index contributed by atoms with van der Waals surface area (Å²) >= 11 is 1.28. The van der Waals surface area contributed by atoms with Gasteiger partial charge in [-0.3, -0.25) is 14.3 Å². The molecule has 1 N–H and O–H groups in total. The molecule has 0 aliphatic carbocycles. The van der Waals surface area contributed by atoms with E-state index in [2.05, 4.69) is 20.5 Å². The van der Waals surface area contributed by atoms with E-state index in [4.69, 9.17) is 9.68 Å². The lowest BCUT2D eigenvalue weighted by Crippen LogP contribution is -2.26. The molecule has 9 heteroatoms. The topological polar surface area (TPSA) is 110 Å². The van der Waals surface area contributed by atoms with Gasteiger partial charge in [0.2, 0.25) is 5.91 Å². The lowest BCUT2D eigenvalue weighted by atomic mass is 10.2. The zero-order valence-electron chi connectivity index (χ0n) is 13.8. The van der Waals surface area contributed by atoms with E-state index in [0.29, 0.717) is 24.1 Å². The number of thioether (sulfide) groups is 1. The second-order valence-corrected chi connectivity index (χ2v) is 6.20. The van der Waals surface area contributed by atoms with Crippen molar-refractivity contribution < 1.29 is 9.21 Å². The van der Waals surface area contributed by atoms with E-state index in [0.717, 1.165) is 11.3 Å². The molecule has 1 amide bonds. The number of carbonyl (C=O) groups excluding carboxylic acids is 1. The number of nitriles is 1. The quantitative estimate of drug-likeness (QED) is 0.479. The number of carbonyl (C=O) groups is 1. The van der Waals surface area contributed by atoms with Gasteiger partial charge in [-0.05, 0) is 24.3 Å². The zero-order chi connectivity index (χ0) is 18.2. The third kappa shape index (κ3) is 4.49. The minimum atomic E-state index is -0.152. The van der Waals surface area contributed by atoms with Crippen LogP contribution < -0.4 is 5.32 Å². The van der Waals surface area contributed by atoms with Gasteiger partial charge in [-0.15, -0.1) is 10.2 Å². The molecule has 0 atom stereocenters. The largest absolute Gasteiger partial charge is 0.467 e. The first-order valence-electron chi connectivity index (χ1n) is 7.90. The fraction of sp³-hybridized carbons (Fsp3) is 0.235. The Morgan fingerprint density at radius 2 is 2.27 bits per heavy atom. The second kappa shape index (κ2) is 8.82. The SMILES string of the molecule is N#CCCNC(=O)CSc1nnc(-c2cccnc2)n1Cc1ccco1. The van der Waals surface area contributed by atoms with Crippen molar-refractivity contribution in [1.29, 1.82) is 5.26 Å². The standard InChI is InChI=1S/C17H16N6O2S/c18-6-3-8-20-15(24)12-26-17-22-21-16(13-4-1-7-19-10-13)23(17)11-14-5-2-9-25-14/h1-2,4-5,7,9-10H,3,8,11-12H2,(H,20,24). The number of amides is 1. The molecule has 0 unspecified atom stereocenters. The zero-order valence-corrected chi connectivity index (χ0v) is 14.6. The Balaban J connectivity index is 1.78. The van der Waals surface area contributed by atoms with Gasteiger partial charge in [-0.2, -0.15) is 5.26 Å². The summed E-state index contributed by atoms with van der Waals surface area (Å²) in [5, 5.41) is 20.3. The Morgan fingerprint density at radius 3 is 3.00 bits per heavy atom. The summed E-state index contributed by atoms with van der Waals surface area (Å²) in [4.78, 5) is 16.0. The van der Waals surface area contributed by atoms with Gasteiger partial charge < -0.3 is 9.73 Å². The molecule has 0 radical (unpaired) electrons. The number of nitrogens with one attached hydrogen (secondary N) is 1. The molecular formula is C17H16N6O2S. The fourth-order valence-corrected chi connectivity index (χ4v) is 3.01. The molecule has 0 aromatic carbocycles. The van der Waals surface area contributed by atoms with E-state index < -0.39 is 0 Å². The third-order valence-corrected chi connectivity index (χ3v) is 4.39. The van der Waals surface area contributed by atoms with Gasteiger partial charge in [0.25, 0.3) is 0 Å². The van der Waals surface area contributed by atoms with Crippen LogP contribution in [0, 0.1) is 11.3 Å². The van der Waals surface area contributed by atoms with Crippen molar-refractivity contribution in [2.75, 3.05) is 12.3 Å². The summed E-state index contributed by atoms with van der Waals surface area (Å²) in [7, 11) is 0. The molecular weight excluding hydrogens is 352 g/mol. The fourth-order valence-electron chi connectivity index (χ4n) is 2.24. The number of pyridine rings is 1. The first-order chi connectivity index (χ1) is 12.8. The van der Waals surface area contributed by atoms with Crippen molar-refractivity contribution >= 4 is 17.7 Å². The average molecular weight is 368 g/mol. The van der Waals surface area contributed by atoms with E-state index in [9.17, 15) is 4.79 Å². The van der Waals surface area contributed by atoms with Crippen molar-refractivity contribution in [2.24, 2.45) is 0 Å². The molecule has 3 heterocycles. The maximum atomic E-state index is 11.9. The maximum absolute atomic E-state index is 11.9. The van der Waals surface area contributed by atoms with Crippen LogP contribution in [0.3, 0.4) is 0 Å². The average Bonchev–Trinajstić information content (AvgIpc) is 3.31. The number of hydrogen-bond acceptors (Lipinski definition) is 7. The number of rotatable bonds is 8. The number of aromatic nitrogens is 4. The molecule has 8 nitrogen and oxygen atoms in total. The molecule has 0 spiro atoms. The molecule has 0 saturated heterocycles. The van der Waals surface area contributed by atoms with E-state index in [1.165, 1.54) is 11.8 Å². The summed E-state index contributed by atoms with van der Waals surface area (Å²) < 4.78 is 7.32. The summed E-state index contributed by atoms with van der Waals surface area (Å²) in [5.74, 6) is 1.45. The van der Waals surface area contributed by atoms with E-state index in [-0.39, 0.29) is 18.1 Å². The summed E-state index contributed by atoms with van der Waals surface area (Å²) in [5.41, 5.74) is 0.830. The monoisotopic (exact) mass is 368 g/mol. The van der Waals surface area contributed by atoms with Crippen LogP contribution >= 0.6 is 11.8 Å². The van der Waals surface area contributed by atoms with Gasteiger partial charge in [-0.25, -0.2) is 0 Å². The number of furan rings is 1. The van der Waals surface area contributed by atoms with Gasteiger partial charge in [0, 0.05) is 24.5 Å². The molecule has 0 aliphatic heterocycles. The highest BCUT2D eigenvalue weighted by atomic mass is 32.2. The highest BCUT2D eigenvalue weighted by molar-refractivity contribution is 7.99. The highest BCUT2D eigenvalue weighted by Gasteiger charge is 2.17. The lowest BCUT2D eigenvalue weighted by Gasteiger charge is -2.08. The smallest absolute Gasteiger partial charge is 0.230 e. The minimum absolute atomic E-state index is 0.152. The maximum Gasteiger partial charge on any atom is 0.230 e. The van der Waals surface area contributed by atoms with Gasteiger partial charge in [0.15, 0.2) is 11.0 Å². The molecule has 0 fully saturated rings. The summed E-state index contributed by atoms with van der Waals surface area (Å²) in [6.07, 6.45) is 5.30. The Bertz CT molecular complexity index is 886. The summed E-state index contributed by atoms with van der Waals surface area (Å²) in [6.45, 7) is 0.790. The molecule has 132 valence electrons. The first kappa shape index (κ1) is 17.7. The van der Waals surface area contributed by atoms with Crippen LogP contribution in [0.5, 0.6) is 0 Å². The number of nitrogens with zero attached hydrogens (tertiary/aromatic N) is 5. The van der Waals surface area contributed by atoms with Crippen molar-refractivity contribution in [3.63, 3.8) is 0 Å². The normalized spacial score (nSPS) is 10.4. The molecule has 3 rings (SSSR count). The van der Waals surface area contributed by atoms with Gasteiger partial charge >= 0.3 is 0 Å². The molecule has 0 aliphatic rings. The van der Waals surface area contributed by atoms with Crippen LogP contribution in [0.1, 0.15) is 12.2 Å². The summed E-state index contributed by atoms with van der Waals surface area (Å²) in [6, 6.07) is 9.41. The Morgan fingerprint density at radius 1 is 1.35 bits per heavy atom. The van der Waals surface area contributed by atoms with E-state index in [1.807, 2.05) is 34.9 Å². The van der Waals surface area contributed by atoms with Crippen LogP contribution in [0.4, 0.5) is 0 Å². The third-order valence-electron chi connectivity index (χ3n) is 3.42. The van der Waals surface area contributed by atoms with E-state index in [1.54, 1.807) is 18.7 Å². The second-order valence-electron chi connectivity index (χ2n) is 5.26. The minimum Gasteiger partial charge on any atom is -0.467 e. The Kier molecular flexibility index (Phi) is 6.01. The van der Waals surface area contributed by atoms with Gasteiger partial charge in [0.05, 0.1) is 31.1 Å². The first-order valence-corrected chi connectivity index (χ1v) is 8.89. The molecule has 3 aromatic heterocycles. The van der Waals surface area contributed by atoms with E-state index >= 15 is 0 Å². The predicted octanol–water partition coefficient (Wildman–Crippen LogP) is 2.10. The van der Waals surface area contributed by atoms with Gasteiger partial charge in [-0.1, -0.05) is 11.8 Å². The molecule has 3 aromatic rings.